The average molecular weight is 449 g/mol. The summed E-state index contributed by atoms with van der Waals surface area (Å²) in [6.45, 7) is 0. The molecule has 3 aromatic carbocycles. The SMILES string of the molecule is Cn1c(=NN=Cc2ccc(Oc3ccc([N+](=O)[O-])cc3[N+](=O)[O-])cc2)sc2ccccc21. The summed E-state index contributed by atoms with van der Waals surface area (Å²) in [4.78, 5) is 21.4. The second-order valence-corrected chi connectivity index (χ2v) is 7.60. The summed E-state index contributed by atoms with van der Waals surface area (Å²) in [5, 5.41) is 30.5. The molecule has 4 aromatic rings. The third-order valence-electron chi connectivity index (χ3n) is 4.52. The molecule has 32 heavy (non-hydrogen) atoms. The van der Waals surface area contributed by atoms with Crippen LogP contribution in [-0.2, 0) is 7.05 Å². The number of ether oxygens (including phenoxy) is 1. The van der Waals surface area contributed by atoms with Crippen molar-refractivity contribution in [2.24, 2.45) is 17.3 Å². The van der Waals surface area contributed by atoms with Crippen molar-refractivity contribution in [3.63, 3.8) is 0 Å². The Morgan fingerprint density at radius 2 is 1.75 bits per heavy atom. The van der Waals surface area contributed by atoms with Crippen molar-refractivity contribution < 1.29 is 14.6 Å². The van der Waals surface area contributed by atoms with Crippen LogP contribution in [0.3, 0.4) is 0 Å². The Morgan fingerprint density at radius 3 is 2.44 bits per heavy atom. The van der Waals surface area contributed by atoms with Crippen LogP contribution < -0.4 is 9.54 Å². The minimum absolute atomic E-state index is 0.0886. The smallest absolute Gasteiger partial charge is 0.318 e. The van der Waals surface area contributed by atoms with E-state index in [2.05, 4.69) is 10.2 Å². The van der Waals surface area contributed by atoms with Gasteiger partial charge in [-0.1, -0.05) is 23.5 Å². The fourth-order valence-electron chi connectivity index (χ4n) is 2.92. The van der Waals surface area contributed by atoms with E-state index in [0.29, 0.717) is 5.75 Å². The molecular formula is C21H15N5O5S. The lowest BCUT2D eigenvalue weighted by atomic mass is 10.2. The minimum atomic E-state index is -0.723. The second kappa shape index (κ2) is 8.78. The zero-order chi connectivity index (χ0) is 22.7. The van der Waals surface area contributed by atoms with Gasteiger partial charge in [-0.3, -0.25) is 20.2 Å². The molecule has 0 aliphatic carbocycles. The largest absolute Gasteiger partial charge is 0.450 e. The summed E-state index contributed by atoms with van der Waals surface area (Å²) in [6, 6.07) is 17.9. The maximum Gasteiger partial charge on any atom is 0.318 e. The van der Waals surface area contributed by atoms with E-state index < -0.39 is 15.5 Å². The third kappa shape index (κ3) is 4.37. The number of non-ortho nitro benzene ring substituents is 1. The molecule has 10 nitrogen and oxygen atoms in total. The minimum Gasteiger partial charge on any atom is -0.450 e. The topological polar surface area (TPSA) is 125 Å². The van der Waals surface area contributed by atoms with E-state index in [4.69, 9.17) is 4.74 Å². The van der Waals surface area contributed by atoms with Crippen LogP contribution >= 0.6 is 11.3 Å². The predicted molar refractivity (Wildman–Crippen MR) is 120 cm³/mol. The number of thiazole rings is 1. The van der Waals surface area contributed by atoms with Gasteiger partial charge < -0.3 is 9.30 Å². The van der Waals surface area contributed by atoms with Gasteiger partial charge in [-0.25, -0.2) is 0 Å². The number of benzene rings is 3. The lowest BCUT2D eigenvalue weighted by Gasteiger charge is -2.06. The molecule has 0 aliphatic rings. The van der Waals surface area contributed by atoms with Crippen LogP contribution in [0.25, 0.3) is 10.2 Å². The van der Waals surface area contributed by atoms with Gasteiger partial charge in [-0.05, 0) is 48.0 Å². The molecule has 0 amide bonds. The fraction of sp³-hybridized carbons (Fsp3) is 0.0476. The normalized spacial score (nSPS) is 11.8. The van der Waals surface area contributed by atoms with E-state index in [9.17, 15) is 20.2 Å². The van der Waals surface area contributed by atoms with Gasteiger partial charge in [0.05, 0.1) is 32.3 Å². The van der Waals surface area contributed by atoms with E-state index in [1.165, 1.54) is 17.4 Å². The molecule has 160 valence electrons. The Labute approximate surface area is 184 Å². The fourth-order valence-corrected chi connectivity index (χ4v) is 3.90. The number of hydrogen-bond acceptors (Lipinski definition) is 8. The summed E-state index contributed by atoms with van der Waals surface area (Å²) >= 11 is 1.53. The van der Waals surface area contributed by atoms with Gasteiger partial charge in [-0.15, -0.1) is 5.10 Å². The molecule has 0 spiro atoms. The molecule has 0 bridgehead atoms. The zero-order valence-corrected chi connectivity index (χ0v) is 17.4. The van der Waals surface area contributed by atoms with E-state index in [0.717, 1.165) is 32.7 Å². The molecule has 4 rings (SSSR count). The van der Waals surface area contributed by atoms with Crippen LogP contribution in [0.1, 0.15) is 5.56 Å². The highest BCUT2D eigenvalue weighted by molar-refractivity contribution is 7.16. The van der Waals surface area contributed by atoms with Gasteiger partial charge in [-0.2, -0.15) is 5.10 Å². The van der Waals surface area contributed by atoms with Crippen LogP contribution in [0.2, 0.25) is 0 Å². The molecule has 0 aliphatic heterocycles. The Bertz CT molecular complexity index is 1420. The third-order valence-corrected chi connectivity index (χ3v) is 5.63. The molecule has 0 saturated heterocycles. The number of rotatable bonds is 6. The Kier molecular flexibility index (Phi) is 5.73. The maximum atomic E-state index is 11.2. The number of aryl methyl sites for hydroxylation is 1. The molecule has 0 atom stereocenters. The Hall–Kier alpha value is -4.38. The lowest BCUT2D eigenvalue weighted by Crippen LogP contribution is -2.08. The maximum absolute atomic E-state index is 11.2. The van der Waals surface area contributed by atoms with Crippen molar-refractivity contribution in [3.8, 4) is 11.5 Å². The number of nitrogens with zero attached hydrogens (tertiary/aromatic N) is 5. The van der Waals surface area contributed by atoms with Gasteiger partial charge in [0.2, 0.25) is 10.6 Å². The number of aromatic nitrogens is 1. The quantitative estimate of drug-likeness (QED) is 0.238. The van der Waals surface area contributed by atoms with E-state index in [1.54, 1.807) is 30.5 Å². The van der Waals surface area contributed by atoms with Crippen molar-refractivity contribution in [2.75, 3.05) is 0 Å². The standard InChI is InChI=1S/C21H15N5O5S/c1-24-17-4-2-3-5-20(17)32-21(24)23-22-13-14-6-9-16(10-7-14)31-19-11-8-15(25(27)28)12-18(19)26(29)30/h2-13H,1H3. The molecule has 0 N–H and O–H groups in total. The monoisotopic (exact) mass is 449 g/mol. The van der Waals surface area contributed by atoms with Crippen LogP contribution in [0, 0.1) is 20.2 Å². The van der Waals surface area contributed by atoms with Gasteiger partial charge in [0.15, 0.2) is 0 Å². The van der Waals surface area contributed by atoms with E-state index in [-0.39, 0.29) is 11.4 Å². The summed E-state index contributed by atoms with van der Waals surface area (Å²) in [6.07, 6.45) is 1.59. The molecular weight excluding hydrogens is 434 g/mol. The van der Waals surface area contributed by atoms with E-state index >= 15 is 0 Å². The molecule has 11 heteroatoms. The van der Waals surface area contributed by atoms with Crippen LogP contribution in [0.4, 0.5) is 11.4 Å². The molecule has 0 saturated carbocycles. The van der Waals surface area contributed by atoms with Crippen molar-refractivity contribution in [1.82, 2.24) is 4.57 Å². The van der Waals surface area contributed by atoms with Crippen molar-refractivity contribution >= 4 is 39.1 Å². The highest BCUT2D eigenvalue weighted by atomic mass is 32.1. The summed E-state index contributed by atoms with van der Waals surface area (Å²) in [5.41, 5.74) is 0.961. The number of para-hydroxylation sites is 1. The number of fused-ring (bicyclic) bond motifs is 1. The van der Waals surface area contributed by atoms with Gasteiger partial charge >= 0.3 is 5.69 Å². The first-order valence-corrected chi connectivity index (χ1v) is 10.1. The van der Waals surface area contributed by atoms with Crippen LogP contribution in [0.5, 0.6) is 11.5 Å². The lowest BCUT2D eigenvalue weighted by molar-refractivity contribution is -0.394. The van der Waals surface area contributed by atoms with Crippen molar-refractivity contribution in [2.45, 2.75) is 0 Å². The van der Waals surface area contributed by atoms with E-state index in [1.807, 2.05) is 35.9 Å². The predicted octanol–water partition coefficient (Wildman–Crippen LogP) is 4.78. The van der Waals surface area contributed by atoms with Gasteiger partial charge in [0.1, 0.15) is 5.75 Å². The van der Waals surface area contributed by atoms with Crippen LogP contribution in [-0.4, -0.2) is 20.6 Å². The van der Waals surface area contributed by atoms with Crippen LogP contribution in [0.15, 0.2) is 76.9 Å². The number of nitro groups is 2. The molecule has 0 fully saturated rings. The second-order valence-electron chi connectivity index (χ2n) is 6.59. The first-order chi connectivity index (χ1) is 15.4. The molecule has 0 radical (unpaired) electrons. The molecule has 0 unspecified atom stereocenters. The van der Waals surface area contributed by atoms with Gasteiger partial charge in [0.25, 0.3) is 5.69 Å². The molecule has 1 aromatic heterocycles. The summed E-state index contributed by atoms with van der Waals surface area (Å²) < 4.78 is 8.63. The van der Waals surface area contributed by atoms with Crippen molar-refractivity contribution in [3.05, 3.63) is 97.3 Å². The average Bonchev–Trinajstić information content (AvgIpc) is 3.10. The summed E-state index contributed by atoms with van der Waals surface area (Å²) in [5.74, 6) is 0.251. The Balaban J connectivity index is 1.52. The number of hydrogen-bond donors (Lipinski definition) is 0. The first kappa shape index (κ1) is 20.9. The Morgan fingerprint density at radius 1 is 1.00 bits per heavy atom. The zero-order valence-electron chi connectivity index (χ0n) is 16.6. The van der Waals surface area contributed by atoms with Crippen molar-refractivity contribution in [1.29, 1.82) is 0 Å². The highest BCUT2D eigenvalue weighted by Crippen LogP contribution is 2.34. The van der Waals surface area contributed by atoms with Gasteiger partial charge in [0, 0.05) is 13.1 Å². The number of nitro benzene ring substituents is 2. The summed E-state index contributed by atoms with van der Waals surface area (Å²) in [7, 11) is 1.93. The highest BCUT2D eigenvalue weighted by Gasteiger charge is 2.21. The first-order valence-electron chi connectivity index (χ1n) is 9.25. The molecule has 1 heterocycles.